The van der Waals surface area contributed by atoms with Crippen molar-refractivity contribution in [3.63, 3.8) is 0 Å². The molecule has 7 nitrogen and oxygen atoms in total. The third-order valence-electron chi connectivity index (χ3n) is 6.92. The minimum atomic E-state index is -4.72. The average molecular weight is 567 g/mol. The molecule has 2 aliphatic heterocycles. The Morgan fingerprint density at radius 2 is 1.84 bits per heavy atom. The number of hydrogen-bond acceptors (Lipinski definition) is 5. The zero-order valence-electron chi connectivity index (χ0n) is 21.7. The highest BCUT2D eigenvalue weighted by atomic mass is 32.1. The molecule has 1 aromatic carbocycles. The van der Waals surface area contributed by atoms with Gasteiger partial charge >= 0.3 is 6.18 Å². The molecule has 3 rings (SSSR count). The number of halogens is 3. The van der Waals surface area contributed by atoms with Crippen molar-refractivity contribution in [1.29, 1.82) is 5.26 Å². The highest BCUT2D eigenvalue weighted by Crippen LogP contribution is 2.38. The van der Waals surface area contributed by atoms with Gasteiger partial charge < -0.3 is 15.1 Å². The number of nitriles is 1. The molecular formula is C26H33F3N6OS2. The van der Waals surface area contributed by atoms with Crippen molar-refractivity contribution in [2.24, 2.45) is 0 Å². The van der Waals surface area contributed by atoms with E-state index in [0.717, 1.165) is 74.1 Å². The van der Waals surface area contributed by atoms with E-state index in [1.165, 1.54) is 6.07 Å². The summed E-state index contributed by atoms with van der Waals surface area (Å²) in [6.07, 6.45) is -0.230. The molecule has 0 bridgehead atoms. The second-order valence-electron chi connectivity index (χ2n) is 9.84. The minimum Gasteiger partial charge on any atom is -0.359 e. The van der Waals surface area contributed by atoms with Gasteiger partial charge in [-0.2, -0.15) is 18.4 Å². The molecule has 1 aromatic rings. The van der Waals surface area contributed by atoms with E-state index in [2.05, 4.69) is 21.7 Å². The van der Waals surface area contributed by atoms with Crippen molar-refractivity contribution in [2.45, 2.75) is 44.8 Å². The molecule has 1 N–H and O–H groups in total. The standard InChI is InChI=1S/C26H33F3N6OS2/c1-4-10-31-23(37)33-15-13-32(14-16-33)11-6-5-7-12-34-24(38)35(22(36)25(34,2)3)20-9-8-19(18-30)21(17-20)26(27,28)29/h4,8-9,17H,1,5-7,10-16H2,2-3H3,(H,31,37). The number of thiocarbonyl (C=S) groups is 2. The SMILES string of the molecule is C=CCNC(=S)N1CCN(CCCCCN2C(=S)N(c3ccc(C#N)c(C(F)(F)F)c3)C(=O)C2(C)C)CC1. The van der Waals surface area contributed by atoms with Crippen molar-refractivity contribution in [2.75, 3.05) is 50.7 Å². The van der Waals surface area contributed by atoms with Crippen LogP contribution in [0.5, 0.6) is 0 Å². The first-order chi connectivity index (χ1) is 17.9. The number of hydrogen-bond donors (Lipinski definition) is 1. The van der Waals surface area contributed by atoms with E-state index in [0.29, 0.717) is 13.1 Å². The molecule has 2 aliphatic rings. The first-order valence-electron chi connectivity index (χ1n) is 12.6. The van der Waals surface area contributed by atoms with Crippen LogP contribution in [-0.2, 0) is 11.0 Å². The quantitative estimate of drug-likeness (QED) is 0.272. The summed E-state index contributed by atoms with van der Waals surface area (Å²) in [4.78, 5) is 20.7. The van der Waals surface area contributed by atoms with Gasteiger partial charge in [0.2, 0.25) is 0 Å². The lowest BCUT2D eigenvalue weighted by atomic mass is 10.0. The summed E-state index contributed by atoms with van der Waals surface area (Å²) >= 11 is 11.0. The number of amides is 1. The molecule has 0 aliphatic carbocycles. The molecule has 1 amide bonds. The van der Waals surface area contributed by atoms with Gasteiger partial charge in [0.15, 0.2) is 10.2 Å². The van der Waals surface area contributed by atoms with Gasteiger partial charge in [0, 0.05) is 39.3 Å². The maximum atomic E-state index is 13.5. The smallest absolute Gasteiger partial charge is 0.359 e. The summed E-state index contributed by atoms with van der Waals surface area (Å²) in [6, 6.07) is 4.80. The van der Waals surface area contributed by atoms with Gasteiger partial charge in [0.25, 0.3) is 5.91 Å². The molecular weight excluding hydrogens is 533 g/mol. The van der Waals surface area contributed by atoms with Crippen LogP contribution in [0.25, 0.3) is 0 Å². The second-order valence-corrected chi connectivity index (χ2v) is 10.6. The Kier molecular flexibility index (Phi) is 9.73. The van der Waals surface area contributed by atoms with Crippen LogP contribution in [0.3, 0.4) is 0 Å². The molecule has 2 fully saturated rings. The van der Waals surface area contributed by atoms with Crippen LogP contribution < -0.4 is 10.2 Å². The summed E-state index contributed by atoms with van der Waals surface area (Å²) in [5.74, 6) is -0.390. The average Bonchev–Trinajstić information content (AvgIpc) is 3.05. The maximum absolute atomic E-state index is 13.5. The Hall–Kier alpha value is -2.75. The largest absolute Gasteiger partial charge is 0.417 e. The summed E-state index contributed by atoms with van der Waals surface area (Å²) in [5, 5.41) is 13.2. The minimum absolute atomic E-state index is 0.0141. The number of piperazine rings is 1. The lowest BCUT2D eigenvalue weighted by molar-refractivity contribution is -0.137. The first-order valence-corrected chi connectivity index (χ1v) is 13.4. The number of nitrogens with zero attached hydrogens (tertiary/aromatic N) is 5. The summed E-state index contributed by atoms with van der Waals surface area (Å²) in [5.41, 5.74) is -2.55. The number of carbonyl (C=O) groups is 1. The summed E-state index contributed by atoms with van der Waals surface area (Å²) < 4.78 is 40.4. The highest BCUT2D eigenvalue weighted by Gasteiger charge is 2.49. The molecule has 2 heterocycles. The Morgan fingerprint density at radius 1 is 1.18 bits per heavy atom. The number of alkyl halides is 3. The van der Waals surface area contributed by atoms with Gasteiger partial charge in [-0.25, -0.2) is 0 Å². The van der Waals surface area contributed by atoms with E-state index in [1.54, 1.807) is 30.9 Å². The fourth-order valence-electron chi connectivity index (χ4n) is 4.67. The number of nitrogens with one attached hydrogen (secondary N) is 1. The number of unbranched alkanes of at least 4 members (excludes halogenated alkanes) is 2. The first kappa shape index (κ1) is 29.8. The molecule has 12 heteroatoms. The molecule has 0 saturated carbocycles. The van der Waals surface area contributed by atoms with Crippen LogP contribution in [0.4, 0.5) is 18.9 Å². The monoisotopic (exact) mass is 566 g/mol. The van der Waals surface area contributed by atoms with Gasteiger partial charge in [0.05, 0.1) is 22.9 Å². The summed E-state index contributed by atoms with van der Waals surface area (Å²) in [7, 11) is 0. The van der Waals surface area contributed by atoms with Gasteiger partial charge in [-0.15, -0.1) is 6.58 Å². The van der Waals surface area contributed by atoms with Crippen LogP contribution >= 0.6 is 24.4 Å². The molecule has 0 spiro atoms. The van der Waals surface area contributed by atoms with E-state index in [-0.39, 0.29) is 10.8 Å². The van der Waals surface area contributed by atoms with Crippen LogP contribution in [0, 0.1) is 11.3 Å². The zero-order valence-corrected chi connectivity index (χ0v) is 23.3. The zero-order chi connectivity index (χ0) is 28.1. The predicted molar refractivity (Wildman–Crippen MR) is 150 cm³/mol. The normalized spacial score (nSPS) is 18.1. The van der Waals surface area contributed by atoms with Crippen molar-refractivity contribution in [3.05, 3.63) is 42.0 Å². The van der Waals surface area contributed by atoms with E-state index >= 15 is 0 Å². The molecule has 0 aromatic heterocycles. The molecule has 2 saturated heterocycles. The van der Waals surface area contributed by atoms with Gasteiger partial charge in [-0.3, -0.25) is 14.6 Å². The molecule has 206 valence electrons. The van der Waals surface area contributed by atoms with Crippen LogP contribution in [-0.4, -0.2) is 82.2 Å². The molecule has 0 radical (unpaired) electrons. The van der Waals surface area contributed by atoms with Crippen LogP contribution in [0.15, 0.2) is 30.9 Å². The molecule has 0 atom stereocenters. The van der Waals surface area contributed by atoms with Crippen molar-refractivity contribution < 1.29 is 18.0 Å². The number of carbonyl (C=O) groups excluding carboxylic acids is 1. The lowest BCUT2D eigenvalue weighted by Crippen LogP contribution is -2.51. The maximum Gasteiger partial charge on any atom is 0.417 e. The third kappa shape index (κ3) is 6.62. The van der Waals surface area contributed by atoms with Crippen molar-refractivity contribution >= 4 is 46.3 Å². The van der Waals surface area contributed by atoms with E-state index in [1.807, 2.05) is 0 Å². The topological polar surface area (TPSA) is 65.8 Å². The Morgan fingerprint density at radius 3 is 2.45 bits per heavy atom. The Labute approximate surface area is 232 Å². The molecule has 38 heavy (non-hydrogen) atoms. The van der Waals surface area contributed by atoms with Gasteiger partial charge in [-0.05, 0) is 75.9 Å². The highest BCUT2D eigenvalue weighted by molar-refractivity contribution is 7.80. The fraction of sp³-hybridized carbons (Fsp3) is 0.538. The molecule has 0 unspecified atom stereocenters. The summed E-state index contributed by atoms with van der Waals surface area (Å²) in [6.45, 7) is 12.9. The third-order valence-corrected chi connectivity index (χ3v) is 7.73. The Bertz CT molecular complexity index is 1110. The van der Waals surface area contributed by atoms with Gasteiger partial charge in [0.1, 0.15) is 5.54 Å². The van der Waals surface area contributed by atoms with E-state index in [4.69, 9.17) is 29.7 Å². The number of rotatable bonds is 9. The Balaban J connectivity index is 1.52. The van der Waals surface area contributed by atoms with Gasteiger partial charge in [-0.1, -0.05) is 12.5 Å². The number of anilines is 1. The van der Waals surface area contributed by atoms with E-state index < -0.39 is 28.7 Å². The number of benzene rings is 1. The van der Waals surface area contributed by atoms with Crippen LogP contribution in [0.2, 0.25) is 0 Å². The second kappa shape index (κ2) is 12.4. The van der Waals surface area contributed by atoms with Crippen LogP contribution in [0.1, 0.15) is 44.2 Å². The lowest BCUT2D eigenvalue weighted by Gasteiger charge is -2.36. The van der Waals surface area contributed by atoms with Crippen molar-refractivity contribution in [1.82, 2.24) is 20.0 Å². The fourth-order valence-corrected chi connectivity index (χ4v) is 5.44. The van der Waals surface area contributed by atoms with E-state index in [9.17, 15) is 18.0 Å². The predicted octanol–water partition coefficient (Wildman–Crippen LogP) is 4.14. The van der Waals surface area contributed by atoms with Crippen molar-refractivity contribution in [3.8, 4) is 6.07 Å².